The summed E-state index contributed by atoms with van der Waals surface area (Å²) in [4.78, 5) is 1.45. The highest BCUT2D eigenvalue weighted by molar-refractivity contribution is 6.05. The van der Waals surface area contributed by atoms with Crippen LogP contribution < -0.4 is 0 Å². The maximum Gasteiger partial charge on any atom is 0.256 e. The van der Waals surface area contributed by atoms with Crippen LogP contribution in [0.3, 0.4) is 0 Å². The summed E-state index contributed by atoms with van der Waals surface area (Å²) < 4.78 is 0. The van der Waals surface area contributed by atoms with Gasteiger partial charge >= 0.3 is 0 Å². The van der Waals surface area contributed by atoms with Crippen LogP contribution in [0.4, 0.5) is 0 Å². The molecule has 0 aromatic carbocycles. The van der Waals surface area contributed by atoms with Gasteiger partial charge in [0.2, 0.25) is 0 Å². The van der Waals surface area contributed by atoms with E-state index in [9.17, 15) is 0 Å². The van der Waals surface area contributed by atoms with Crippen LogP contribution in [0, 0.1) is 5.92 Å². The van der Waals surface area contributed by atoms with Crippen molar-refractivity contribution in [3.8, 4) is 0 Å². The Bertz CT molecular complexity index is 81.7. The Morgan fingerprint density at radius 1 is 2.00 bits per heavy atom. The molecule has 0 fully saturated rings. The summed E-state index contributed by atoms with van der Waals surface area (Å²) in [6.07, 6.45) is 1.85. The highest BCUT2D eigenvalue weighted by atomic mass is 15.4. The topological polar surface area (TPSA) is 15.6 Å². The second-order valence-corrected chi connectivity index (χ2v) is 1.86. The molecular formula is C4H7BN2. The van der Waals surface area contributed by atoms with Gasteiger partial charge in [0, 0.05) is 18.7 Å². The lowest BCUT2D eigenvalue weighted by Crippen LogP contribution is -2.12. The van der Waals surface area contributed by atoms with E-state index in [1.807, 2.05) is 6.21 Å². The molecule has 1 unspecified atom stereocenters. The zero-order chi connectivity index (χ0) is 5.28. The third-order valence-electron chi connectivity index (χ3n) is 0.945. The fraction of sp³-hybridized carbons (Fsp3) is 0.750. The van der Waals surface area contributed by atoms with Gasteiger partial charge in [0.25, 0.3) is 7.98 Å². The summed E-state index contributed by atoms with van der Waals surface area (Å²) in [6, 6.07) is 0. The first kappa shape index (κ1) is 4.69. The van der Waals surface area contributed by atoms with Crippen molar-refractivity contribution in [3.05, 3.63) is 0 Å². The van der Waals surface area contributed by atoms with Crippen LogP contribution in [0.15, 0.2) is 5.10 Å². The molecule has 1 aliphatic rings. The van der Waals surface area contributed by atoms with E-state index in [1.165, 1.54) is 4.92 Å². The predicted octanol–water partition coefficient (Wildman–Crippen LogP) is 0.00740. The van der Waals surface area contributed by atoms with E-state index in [4.69, 9.17) is 7.98 Å². The molecule has 0 saturated carbocycles. The van der Waals surface area contributed by atoms with Crippen molar-refractivity contribution in [2.45, 2.75) is 6.92 Å². The van der Waals surface area contributed by atoms with Crippen LogP contribution >= 0.6 is 0 Å². The van der Waals surface area contributed by atoms with Crippen LogP contribution in [-0.2, 0) is 0 Å². The molecule has 36 valence electrons. The minimum Gasteiger partial charge on any atom is -0.353 e. The van der Waals surface area contributed by atoms with Gasteiger partial charge in [-0.3, -0.25) is 0 Å². The largest absolute Gasteiger partial charge is 0.353 e. The molecule has 3 heteroatoms. The molecule has 0 spiro atoms. The highest BCUT2D eigenvalue weighted by Crippen LogP contribution is 2.00. The van der Waals surface area contributed by atoms with Gasteiger partial charge < -0.3 is 4.92 Å². The number of hydrogen-bond acceptors (Lipinski definition) is 2. The molecule has 2 nitrogen and oxygen atoms in total. The number of rotatable bonds is 0. The fourth-order valence-electron chi connectivity index (χ4n) is 0.589. The van der Waals surface area contributed by atoms with Crippen LogP contribution in [-0.4, -0.2) is 25.7 Å². The molecular weight excluding hydrogens is 86.9 g/mol. The summed E-state index contributed by atoms with van der Waals surface area (Å²) >= 11 is 0. The molecule has 0 N–H and O–H groups in total. The van der Waals surface area contributed by atoms with E-state index in [-0.39, 0.29) is 0 Å². The monoisotopic (exact) mass is 94.1 g/mol. The van der Waals surface area contributed by atoms with Crippen molar-refractivity contribution in [1.29, 1.82) is 0 Å². The van der Waals surface area contributed by atoms with E-state index in [1.54, 1.807) is 0 Å². The SMILES string of the molecule is [B]N1CC(C)C=N1. The molecule has 0 aromatic heterocycles. The Balaban J connectivity index is 2.42. The summed E-state index contributed by atoms with van der Waals surface area (Å²) in [7, 11) is 5.26. The maximum atomic E-state index is 5.26. The first-order valence-corrected chi connectivity index (χ1v) is 2.35. The van der Waals surface area contributed by atoms with Crippen LogP contribution in [0.1, 0.15) is 6.92 Å². The van der Waals surface area contributed by atoms with Gasteiger partial charge in [-0.25, -0.2) is 5.10 Å². The Morgan fingerprint density at radius 3 is 2.86 bits per heavy atom. The minimum absolute atomic E-state index is 0.532. The maximum absolute atomic E-state index is 5.26. The highest BCUT2D eigenvalue weighted by Gasteiger charge is 2.06. The van der Waals surface area contributed by atoms with Crippen molar-refractivity contribution in [2.24, 2.45) is 11.0 Å². The van der Waals surface area contributed by atoms with Gasteiger partial charge in [-0.05, 0) is 0 Å². The molecule has 0 saturated heterocycles. The zero-order valence-corrected chi connectivity index (χ0v) is 4.33. The van der Waals surface area contributed by atoms with Crippen molar-refractivity contribution in [3.63, 3.8) is 0 Å². The van der Waals surface area contributed by atoms with Crippen molar-refractivity contribution in [1.82, 2.24) is 4.92 Å². The van der Waals surface area contributed by atoms with E-state index < -0.39 is 0 Å². The average Bonchev–Trinajstić information content (AvgIpc) is 1.87. The second kappa shape index (κ2) is 1.56. The summed E-state index contributed by atoms with van der Waals surface area (Å²) in [5, 5.41) is 3.80. The lowest BCUT2D eigenvalue weighted by molar-refractivity contribution is 0.493. The third-order valence-corrected chi connectivity index (χ3v) is 0.945. The Morgan fingerprint density at radius 2 is 2.71 bits per heavy atom. The van der Waals surface area contributed by atoms with Gasteiger partial charge in [-0.15, -0.1) is 0 Å². The van der Waals surface area contributed by atoms with Crippen LogP contribution in [0.2, 0.25) is 0 Å². The molecule has 0 bridgehead atoms. The summed E-state index contributed by atoms with van der Waals surface area (Å²) in [5.41, 5.74) is 0. The minimum atomic E-state index is 0.532. The van der Waals surface area contributed by atoms with E-state index in [2.05, 4.69) is 12.0 Å². The molecule has 7 heavy (non-hydrogen) atoms. The Kier molecular flexibility index (Phi) is 1.05. The van der Waals surface area contributed by atoms with E-state index in [0.717, 1.165) is 6.54 Å². The van der Waals surface area contributed by atoms with Gasteiger partial charge in [0.1, 0.15) is 0 Å². The molecule has 0 aromatic rings. The summed E-state index contributed by atoms with van der Waals surface area (Å²) in [5.74, 6) is 0.532. The van der Waals surface area contributed by atoms with Crippen LogP contribution in [0.25, 0.3) is 0 Å². The Labute approximate surface area is 44.6 Å². The lowest BCUT2D eigenvalue weighted by atomic mass is 10.2. The zero-order valence-electron chi connectivity index (χ0n) is 4.33. The van der Waals surface area contributed by atoms with E-state index >= 15 is 0 Å². The quantitative estimate of drug-likeness (QED) is 0.386. The van der Waals surface area contributed by atoms with Gasteiger partial charge in [-0.1, -0.05) is 6.92 Å². The molecule has 0 aliphatic carbocycles. The number of hydrazone groups is 1. The molecule has 1 aliphatic heterocycles. The van der Waals surface area contributed by atoms with Crippen LogP contribution in [0.5, 0.6) is 0 Å². The van der Waals surface area contributed by atoms with Gasteiger partial charge in [0.15, 0.2) is 0 Å². The second-order valence-electron chi connectivity index (χ2n) is 1.86. The van der Waals surface area contributed by atoms with Gasteiger partial charge in [-0.2, -0.15) is 0 Å². The summed E-state index contributed by atoms with van der Waals surface area (Å²) in [6.45, 7) is 2.94. The first-order valence-electron chi connectivity index (χ1n) is 2.35. The molecule has 2 radical (unpaired) electrons. The fourth-order valence-corrected chi connectivity index (χ4v) is 0.589. The molecule has 0 amide bonds. The Hall–Kier alpha value is -0.465. The van der Waals surface area contributed by atoms with Crippen molar-refractivity contribution < 1.29 is 0 Å². The predicted molar refractivity (Wildman–Crippen MR) is 30.1 cm³/mol. The lowest BCUT2D eigenvalue weighted by Gasteiger charge is -2.04. The van der Waals surface area contributed by atoms with Gasteiger partial charge in [0.05, 0.1) is 0 Å². The van der Waals surface area contributed by atoms with Crippen molar-refractivity contribution >= 4 is 14.2 Å². The van der Waals surface area contributed by atoms with Crippen molar-refractivity contribution in [2.75, 3.05) is 6.54 Å². The molecule has 1 atom stereocenters. The number of nitrogens with zero attached hydrogens (tertiary/aromatic N) is 2. The number of hydrogen-bond donors (Lipinski definition) is 0. The smallest absolute Gasteiger partial charge is 0.256 e. The third kappa shape index (κ3) is 0.949. The average molecular weight is 93.9 g/mol. The normalized spacial score (nSPS) is 29.3. The standard InChI is InChI=1S/C4H7BN2/c1-4-2-6-7(5)3-4/h2,4H,3H2,1H3. The van der Waals surface area contributed by atoms with E-state index in [0.29, 0.717) is 5.92 Å². The first-order chi connectivity index (χ1) is 3.29. The molecule has 1 rings (SSSR count). The molecule has 1 heterocycles.